The first-order chi connectivity index (χ1) is 11.1. The van der Waals surface area contributed by atoms with Crippen LogP contribution in [0.15, 0.2) is 12.1 Å². The lowest BCUT2D eigenvalue weighted by Gasteiger charge is -2.33. The Morgan fingerprint density at radius 2 is 1.67 bits per heavy atom. The van der Waals surface area contributed by atoms with Crippen molar-refractivity contribution in [3.63, 3.8) is 0 Å². The molecule has 132 valence electrons. The number of nitrogens with one attached hydrogen (secondary N) is 1. The Kier molecular flexibility index (Phi) is 5.20. The van der Waals surface area contributed by atoms with E-state index in [1.165, 1.54) is 4.90 Å². The predicted octanol–water partition coefficient (Wildman–Crippen LogP) is 2.87. The number of piperidine rings is 1. The van der Waals surface area contributed by atoms with Gasteiger partial charge in [0.2, 0.25) is 5.91 Å². The molecule has 7 heteroatoms. The Balaban J connectivity index is 1.99. The fourth-order valence-corrected chi connectivity index (χ4v) is 2.49. The SMILES string of the molecule is CC(C)(C)C(=O)NC1CCN(C(=O)c2ccc(F)c(F)c2F)CC1. The lowest BCUT2D eigenvalue weighted by atomic mass is 9.94. The summed E-state index contributed by atoms with van der Waals surface area (Å²) in [6.07, 6.45) is 1.05. The minimum atomic E-state index is -1.65. The van der Waals surface area contributed by atoms with E-state index in [-0.39, 0.29) is 11.9 Å². The molecule has 2 amide bonds. The molecule has 1 aromatic rings. The first kappa shape index (κ1) is 18.3. The summed E-state index contributed by atoms with van der Waals surface area (Å²) in [5.74, 6) is -5.19. The molecular formula is C17H21F3N2O2. The van der Waals surface area contributed by atoms with Gasteiger partial charge in [-0.25, -0.2) is 13.2 Å². The summed E-state index contributed by atoms with van der Waals surface area (Å²) in [6.45, 7) is 6.06. The molecule has 1 fully saturated rings. The number of halogens is 3. The van der Waals surface area contributed by atoms with Gasteiger partial charge in [0.15, 0.2) is 17.5 Å². The highest BCUT2D eigenvalue weighted by Crippen LogP contribution is 2.20. The average molecular weight is 342 g/mol. The molecule has 0 aliphatic carbocycles. The monoisotopic (exact) mass is 342 g/mol. The minimum Gasteiger partial charge on any atom is -0.353 e. The molecule has 24 heavy (non-hydrogen) atoms. The average Bonchev–Trinajstić information content (AvgIpc) is 2.52. The molecule has 0 bridgehead atoms. The molecule has 0 aromatic heterocycles. The molecule has 1 heterocycles. The number of carbonyl (C=O) groups excluding carboxylic acids is 2. The molecule has 4 nitrogen and oxygen atoms in total. The zero-order valence-electron chi connectivity index (χ0n) is 14.0. The van der Waals surface area contributed by atoms with Crippen molar-refractivity contribution < 1.29 is 22.8 Å². The van der Waals surface area contributed by atoms with Crippen LogP contribution in [0.2, 0.25) is 0 Å². The van der Waals surface area contributed by atoms with Crippen LogP contribution >= 0.6 is 0 Å². The van der Waals surface area contributed by atoms with Gasteiger partial charge in [-0.05, 0) is 25.0 Å². The highest BCUT2D eigenvalue weighted by molar-refractivity contribution is 5.94. The summed E-state index contributed by atoms with van der Waals surface area (Å²) >= 11 is 0. The van der Waals surface area contributed by atoms with Gasteiger partial charge in [0.25, 0.3) is 5.91 Å². The second kappa shape index (κ2) is 6.83. The first-order valence-electron chi connectivity index (χ1n) is 7.85. The maximum atomic E-state index is 13.7. The number of amides is 2. The molecule has 1 aliphatic heterocycles. The number of rotatable bonds is 2. The van der Waals surface area contributed by atoms with E-state index >= 15 is 0 Å². The second-order valence-electron chi connectivity index (χ2n) is 7.01. The number of likely N-dealkylation sites (tertiary alicyclic amines) is 1. The van der Waals surface area contributed by atoms with Crippen LogP contribution in [0, 0.1) is 22.9 Å². The summed E-state index contributed by atoms with van der Waals surface area (Å²) in [5.41, 5.74) is -0.979. The molecule has 1 N–H and O–H groups in total. The van der Waals surface area contributed by atoms with Gasteiger partial charge < -0.3 is 10.2 Å². The highest BCUT2D eigenvalue weighted by Gasteiger charge is 2.29. The summed E-state index contributed by atoms with van der Waals surface area (Å²) in [7, 11) is 0. The summed E-state index contributed by atoms with van der Waals surface area (Å²) in [5, 5.41) is 2.93. The van der Waals surface area contributed by atoms with Gasteiger partial charge in [0.1, 0.15) is 0 Å². The van der Waals surface area contributed by atoms with E-state index in [1.807, 2.05) is 20.8 Å². The molecule has 1 aliphatic rings. The second-order valence-corrected chi connectivity index (χ2v) is 7.01. The topological polar surface area (TPSA) is 49.4 Å². The molecule has 1 aromatic carbocycles. The van der Waals surface area contributed by atoms with E-state index in [2.05, 4.69) is 5.32 Å². The van der Waals surface area contributed by atoms with Crippen LogP contribution < -0.4 is 5.32 Å². The Hall–Kier alpha value is -2.05. The zero-order valence-corrected chi connectivity index (χ0v) is 14.0. The summed E-state index contributed by atoms with van der Waals surface area (Å²) in [6, 6.07) is 1.63. The van der Waals surface area contributed by atoms with Crippen molar-refractivity contribution in [1.82, 2.24) is 10.2 Å². The number of nitrogens with zero attached hydrogens (tertiary/aromatic N) is 1. The summed E-state index contributed by atoms with van der Waals surface area (Å²) < 4.78 is 40.0. The Labute approximate surface area is 139 Å². The van der Waals surface area contributed by atoms with Gasteiger partial charge in [0.05, 0.1) is 5.56 Å². The smallest absolute Gasteiger partial charge is 0.256 e. The van der Waals surface area contributed by atoms with E-state index in [1.54, 1.807) is 0 Å². The number of benzene rings is 1. The molecule has 0 radical (unpaired) electrons. The van der Waals surface area contributed by atoms with Gasteiger partial charge >= 0.3 is 0 Å². The van der Waals surface area contributed by atoms with Crippen molar-refractivity contribution in [2.24, 2.45) is 5.41 Å². The highest BCUT2D eigenvalue weighted by atomic mass is 19.2. The maximum Gasteiger partial charge on any atom is 0.256 e. The molecule has 0 saturated carbocycles. The van der Waals surface area contributed by atoms with Gasteiger partial charge in [0, 0.05) is 24.5 Å². The van der Waals surface area contributed by atoms with Crippen LogP contribution in [0.1, 0.15) is 44.0 Å². The van der Waals surface area contributed by atoms with Crippen LogP contribution in [-0.2, 0) is 4.79 Å². The quantitative estimate of drug-likeness (QED) is 0.840. The third-order valence-electron chi connectivity index (χ3n) is 4.06. The van der Waals surface area contributed by atoms with Gasteiger partial charge in [-0.15, -0.1) is 0 Å². The maximum absolute atomic E-state index is 13.7. The van der Waals surface area contributed by atoms with Crippen molar-refractivity contribution in [2.75, 3.05) is 13.1 Å². The number of carbonyl (C=O) groups is 2. The van der Waals surface area contributed by atoms with Crippen molar-refractivity contribution in [3.05, 3.63) is 35.1 Å². The largest absolute Gasteiger partial charge is 0.353 e. The van der Waals surface area contributed by atoms with Crippen molar-refractivity contribution >= 4 is 11.8 Å². The third kappa shape index (κ3) is 3.88. The van der Waals surface area contributed by atoms with Crippen LogP contribution in [0.5, 0.6) is 0 Å². The van der Waals surface area contributed by atoms with Crippen LogP contribution in [-0.4, -0.2) is 35.8 Å². The number of hydrogen-bond acceptors (Lipinski definition) is 2. The molecule has 0 unspecified atom stereocenters. The van der Waals surface area contributed by atoms with E-state index in [0.29, 0.717) is 25.9 Å². The first-order valence-corrected chi connectivity index (χ1v) is 7.85. The van der Waals surface area contributed by atoms with E-state index in [0.717, 1.165) is 12.1 Å². The lowest BCUT2D eigenvalue weighted by Crippen LogP contribution is -2.49. The Morgan fingerprint density at radius 3 is 2.21 bits per heavy atom. The number of hydrogen-bond donors (Lipinski definition) is 1. The molecule has 0 spiro atoms. The standard InChI is InChI=1S/C17H21F3N2O2/c1-17(2,3)16(24)21-10-6-8-22(9-7-10)15(23)11-4-5-12(18)14(20)13(11)19/h4-5,10H,6-9H2,1-3H3,(H,21,24). The zero-order chi connectivity index (χ0) is 18.1. The van der Waals surface area contributed by atoms with Crippen LogP contribution in [0.3, 0.4) is 0 Å². The predicted molar refractivity (Wildman–Crippen MR) is 82.8 cm³/mol. The Morgan fingerprint density at radius 1 is 1.08 bits per heavy atom. The van der Waals surface area contributed by atoms with Gasteiger partial charge in [-0.3, -0.25) is 9.59 Å². The van der Waals surface area contributed by atoms with Crippen molar-refractivity contribution in [3.8, 4) is 0 Å². The van der Waals surface area contributed by atoms with Crippen molar-refractivity contribution in [2.45, 2.75) is 39.7 Å². The van der Waals surface area contributed by atoms with E-state index in [9.17, 15) is 22.8 Å². The van der Waals surface area contributed by atoms with E-state index < -0.39 is 34.3 Å². The molecular weight excluding hydrogens is 321 g/mol. The van der Waals surface area contributed by atoms with Crippen LogP contribution in [0.25, 0.3) is 0 Å². The summed E-state index contributed by atoms with van der Waals surface area (Å²) in [4.78, 5) is 25.6. The third-order valence-corrected chi connectivity index (χ3v) is 4.06. The van der Waals surface area contributed by atoms with Crippen molar-refractivity contribution in [1.29, 1.82) is 0 Å². The fourth-order valence-electron chi connectivity index (χ4n) is 2.49. The molecule has 0 atom stereocenters. The minimum absolute atomic E-state index is 0.0597. The Bertz CT molecular complexity index is 648. The van der Waals surface area contributed by atoms with E-state index in [4.69, 9.17) is 0 Å². The normalized spacial score (nSPS) is 16.2. The molecule has 2 rings (SSSR count). The molecule has 1 saturated heterocycles. The fraction of sp³-hybridized carbons (Fsp3) is 0.529. The lowest BCUT2D eigenvalue weighted by molar-refractivity contribution is -0.129. The van der Waals surface area contributed by atoms with Gasteiger partial charge in [-0.1, -0.05) is 20.8 Å². The van der Waals surface area contributed by atoms with Gasteiger partial charge in [-0.2, -0.15) is 0 Å². The van der Waals surface area contributed by atoms with Crippen LogP contribution in [0.4, 0.5) is 13.2 Å².